The largest absolute Gasteiger partial charge is 0.490 e. The van der Waals surface area contributed by atoms with Crippen molar-refractivity contribution < 1.29 is 19.4 Å². The number of amides is 1. The van der Waals surface area contributed by atoms with Gasteiger partial charge in [-0.1, -0.05) is 31.0 Å². The third-order valence-electron chi connectivity index (χ3n) is 7.55. The lowest BCUT2D eigenvalue weighted by atomic mass is 9.79. The zero-order chi connectivity index (χ0) is 27.5. The lowest BCUT2D eigenvalue weighted by Gasteiger charge is -2.28. The standard InChI is InChI=1S/C31H34N4O4/c1-30(2,16-21-8-11-24(12-9-21)39-27-13-10-22(17-32)18-33-27)34-19-23(36)20-38-26-7-5-6-25-28(26)31(29(37)35-25)14-3-4-15-31/h5-13,18,23,34,36H,3-4,14-16,19-20H2,1-2H3,(H,35,37). The van der Waals surface area contributed by atoms with Gasteiger partial charge in [0.1, 0.15) is 30.3 Å². The van der Waals surface area contributed by atoms with Crippen LogP contribution in [0.1, 0.15) is 56.2 Å². The summed E-state index contributed by atoms with van der Waals surface area (Å²) in [7, 11) is 0. The summed E-state index contributed by atoms with van der Waals surface area (Å²) in [6.07, 6.45) is 5.26. The lowest BCUT2D eigenvalue weighted by molar-refractivity contribution is -0.120. The molecule has 0 bridgehead atoms. The molecular weight excluding hydrogens is 492 g/mol. The number of carbonyl (C=O) groups excluding carboxylic acids is 1. The zero-order valence-electron chi connectivity index (χ0n) is 22.4. The molecule has 5 rings (SSSR count). The summed E-state index contributed by atoms with van der Waals surface area (Å²) < 4.78 is 11.9. The maximum atomic E-state index is 12.8. The molecule has 3 aromatic rings. The number of hydrogen-bond acceptors (Lipinski definition) is 7. The van der Waals surface area contributed by atoms with Crippen LogP contribution in [0.2, 0.25) is 0 Å². The number of nitrogens with one attached hydrogen (secondary N) is 2. The number of aliphatic hydroxyl groups excluding tert-OH is 1. The number of nitriles is 1. The monoisotopic (exact) mass is 526 g/mol. The minimum atomic E-state index is -0.708. The molecule has 1 amide bonds. The summed E-state index contributed by atoms with van der Waals surface area (Å²) in [5.74, 6) is 1.85. The first-order valence-corrected chi connectivity index (χ1v) is 13.4. The summed E-state index contributed by atoms with van der Waals surface area (Å²) in [6.45, 7) is 4.70. The quantitative estimate of drug-likeness (QED) is 0.345. The van der Waals surface area contributed by atoms with Gasteiger partial charge in [-0.15, -0.1) is 0 Å². The highest BCUT2D eigenvalue weighted by atomic mass is 16.5. The van der Waals surface area contributed by atoms with Gasteiger partial charge in [0, 0.05) is 35.6 Å². The molecule has 2 aliphatic rings. The molecule has 2 aromatic carbocycles. The molecule has 1 atom stereocenters. The molecule has 1 aromatic heterocycles. The summed E-state index contributed by atoms with van der Waals surface area (Å²) in [4.78, 5) is 16.9. The highest BCUT2D eigenvalue weighted by Gasteiger charge is 2.50. The van der Waals surface area contributed by atoms with Crippen LogP contribution in [0.5, 0.6) is 17.4 Å². The average Bonchev–Trinajstić information content (AvgIpc) is 3.53. The second kappa shape index (κ2) is 11.0. The molecule has 1 aliphatic carbocycles. The summed E-state index contributed by atoms with van der Waals surface area (Å²) in [6, 6.07) is 18.9. The van der Waals surface area contributed by atoms with E-state index in [9.17, 15) is 9.90 Å². The minimum Gasteiger partial charge on any atom is -0.490 e. The number of ether oxygens (including phenoxy) is 2. The minimum absolute atomic E-state index is 0.0699. The van der Waals surface area contributed by atoms with Gasteiger partial charge in [-0.2, -0.15) is 5.26 Å². The number of aliphatic hydroxyl groups is 1. The highest BCUT2D eigenvalue weighted by Crippen LogP contribution is 2.52. The molecule has 1 unspecified atom stereocenters. The Bertz CT molecular complexity index is 1360. The SMILES string of the molecule is CC(C)(Cc1ccc(Oc2ccc(C#N)cn2)cc1)NCC(O)COc1cccc2c1C1(CCCC1)C(=O)N2. The molecule has 3 N–H and O–H groups in total. The number of aromatic nitrogens is 1. The van der Waals surface area contributed by atoms with Crippen LogP contribution in [0.3, 0.4) is 0 Å². The normalized spacial score (nSPS) is 16.4. The van der Waals surface area contributed by atoms with E-state index in [1.807, 2.05) is 48.5 Å². The van der Waals surface area contributed by atoms with E-state index in [1.165, 1.54) is 6.20 Å². The Hall–Kier alpha value is -3.93. The topological polar surface area (TPSA) is 116 Å². The highest BCUT2D eigenvalue weighted by molar-refractivity contribution is 6.07. The summed E-state index contributed by atoms with van der Waals surface area (Å²) in [5.41, 5.74) is 2.64. The molecule has 0 radical (unpaired) electrons. The van der Waals surface area contributed by atoms with Gasteiger partial charge < -0.3 is 25.2 Å². The third-order valence-corrected chi connectivity index (χ3v) is 7.55. The van der Waals surface area contributed by atoms with Gasteiger partial charge in [0.05, 0.1) is 11.0 Å². The molecule has 1 fully saturated rings. The molecule has 39 heavy (non-hydrogen) atoms. The van der Waals surface area contributed by atoms with E-state index >= 15 is 0 Å². The predicted octanol–water partition coefficient (Wildman–Crippen LogP) is 4.86. The van der Waals surface area contributed by atoms with Gasteiger partial charge in [0.2, 0.25) is 11.8 Å². The first-order chi connectivity index (χ1) is 18.8. The first kappa shape index (κ1) is 26.7. The maximum absolute atomic E-state index is 12.8. The number of nitrogens with zero attached hydrogens (tertiary/aromatic N) is 2. The van der Waals surface area contributed by atoms with E-state index in [0.29, 0.717) is 29.5 Å². The van der Waals surface area contributed by atoms with Crippen molar-refractivity contribution in [3.05, 3.63) is 77.5 Å². The van der Waals surface area contributed by atoms with Crippen molar-refractivity contribution >= 4 is 11.6 Å². The number of anilines is 1. The van der Waals surface area contributed by atoms with E-state index in [-0.39, 0.29) is 18.1 Å². The lowest BCUT2D eigenvalue weighted by Crippen LogP contribution is -2.46. The Labute approximate surface area is 229 Å². The summed E-state index contributed by atoms with van der Waals surface area (Å²) >= 11 is 0. The number of benzene rings is 2. The van der Waals surface area contributed by atoms with E-state index in [4.69, 9.17) is 14.7 Å². The molecule has 202 valence electrons. The fraction of sp³-hybridized carbons (Fsp3) is 0.387. The van der Waals surface area contributed by atoms with Crippen molar-refractivity contribution in [1.82, 2.24) is 10.3 Å². The molecular formula is C31H34N4O4. The number of β-amino-alcohol motifs (C(OH)–C–C–N with tert-alkyl or cyclic N) is 1. The first-order valence-electron chi connectivity index (χ1n) is 13.4. The average molecular weight is 527 g/mol. The van der Waals surface area contributed by atoms with Crippen molar-refractivity contribution in [3.8, 4) is 23.4 Å². The molecule has 2 heterocycles. The Kier molecular flexibility index (Phi) is 7.56. The number of hydrogen-bond donors (Lipinski definition) is 3. The molecule has 1 saturated carbocycles. The van der Waals surface area contributed by atoms with Crippen molar-refractivity contribution in [2.75, 3.05) is 18.5 Å². The van der Waals surface area contributed by atoms with Crippen molar-refractivity contribution in [2.45, 2.75) is 63.0 Å². The van der Waals surface area contributed by atoms with Crippen molar-refractivity contribution in [1.29, 1.82) is 5.26 Å². The number of carbonyl (C=O) groups is 1. The fourth-order valence-corrected chi connectivity index (χ4v) is 5.58. The molecule has 8 heteroatoms. The van der Waals surface area contributed by atoms with Gasteiger partial charge in [-0.25, -0.2) is 4.98 Å². The number of rotatable bonds is 10. The molecule has 8 nitrogen and oxygen atoms in total. The fourth-order valence-electron chi connectivity index (χ4n) is 5.58. The molecule has 1 aliphatic heterocycles. The van der Waals surface area contributed by atoms with E-state index in [2.05, 4.69) is 29.5 Å². The van der Waals surface area contributed by atoms with Crippen LogP contribution in [0.25, 0.3) is 0 Å². The Morgan fingerprint density at radius 1 is 1.15 bits per heavy atom. The number of pyridine rings is 1. The van der Waals surface area contributed by atoms with Gasteiger partial charge in [-0.05, 0) is 69.0 Å². The van der Waals surface area contributed by atoms with E-state index in [1.54, 1.807) is 12.1 Å². The van der Waals surface area contributed by atoms with Gasteiger partial charge in [0.15, 0.2) is 0 Å². The summed E-state index contributed by atoms with van der Waals surface area (Å²) in [5, 5.41) is 26.1. The predicted molar refractivity (Wildman–Crippen MR) is 148 cm³/mol. The second-order valence-corrected chi connectivity index (χ2v) is 11.1. The van der Waals surface area contributed by atoms with Gasteiger partial charge in [0.25, 0.3) is 0 Å². The Morgan fingerprint density at radius 2 is 1.92 bits per heavy atom. The smallest absolute Gasteiger partial charge is 0.235 e. The van der Waals surface area contributed by atoms with Crippen molar-refractivity contribution in [2.24, 2.45) is 0 Å². The van der Waals surface area contributed by atoms with Gasteiger partial charge in [-0.3, -0.25) is 4.79 Å². The number of fused-ring (bicyclic) bond motifs is 2. The van der Waals surface area contributed by atoms with Crippen LogP contribution in [-0.4, -0.2) is 40.8 Å². The maximum Gasteiger partial charge on any atom is 0.235 e. The molecule has 1 spiro atoms. The van der Waals surface area contributed by atoms with Crippen LogP contribution >= 0.6 is 0 Å². The van der Waals surface area contributed by atoms with Crippen LogP contribution < -0.4 is 20.1 Å². The van der Waals surface area contributed by atoms with Crippen LogP contribution in [-0.2, 0) is 16.6 Å². The zero-order valence-corrected chi connectivity index (χ0v) is 22.4. The third kappa shape index (κ3) is 5.90. The Morgan fingerprint density at radius 3 is 2.62 bits per heavy atom. The van der Waals surface area contributed by atoms with Crippen LogP contribution in [0, 0.1) is 11.3 Å². The van der Waals surface area contributed by atoms with Gasteiger partial charge >= 0.3 is 0 Å². The van der Waals surface area contributed by atoms with Crippen LogP contribution in [0.4, 0.5) is 5.69 Å². The Balaban J connectivity index is 1.12. The van der Waals surface area contributed by atoms with E-state index < -0.39 is 11.5 Å². The van der Waals surface area contributed by atoms with E-state index in [0.717, 1.165) is 48.9 Å². The second-order valence-electron chi connectivity index (χ2n) is 11.1. The van der Waals surface area contributed by atoms with Crippen molar-refractivity contribution in [3.63, 3.8) is 0 Å². The van der Waals surface area contributed by atoms with Crippen LogP contribution in [0.15, 0.2) is 60.8 Å². The molecule has 0 saturated heterocycles.